The van der Waals surface area contributed by atoms with E-state index in [1.165, 1.54) is 0 Å². The summed E-state index contributed by atoms with van der Waals surface area (Å²) in [5.41, 5.74) is 1.85. The molecule has 0 bridgehead atoms. The van der Waals surface area contributed by atoms with Crippen LogP contribution in [0.3, 0.4) is 0 Å². The van der Waals surface area contributed by atoms with Crippen LogP contribution >= 0.6 is 12.4 Å². The van der Waals surface area contributed by atoms with E-state index in [1.54, 1.807) is 11.0 Å². The number of halogens is 1. The minimum atomic E-state index is -0.676. The first kappa shape index (κ1) is 16.5. The van der Waals surface area contributed by atoms with Crippen LogP contribution in [-0.4, -0.2) is 44.1 Å². The number of carboxylic acid groups (broad SMARTS) is 1. The monoisotopic (exact) mass is 322 g/mol. The molecule has 0 atom stereocenters. The number of carboxylic acids is 1. The average Bonchev–Trinajstić information content (AvgIpc) is 2.97. The standard InChI is InChI=1S/C15H18N4O2.ClH/c20-15(21)12-6-8-18(9-7-12)11-13-10-16-19(17-13)14-4-2-1-3-5-14;/h1-5,10,12H,6-9,11H2,(H,20,21);1H. The van der Waals surface area contributed by atoms with Crippen LogP contribution in [0.1, 0.15) is 18.5 Å². The SMILES string of the molecule is Cl.O=C(O)C1CCN(Cc2cnn(-c3ccccc3)n2)CC1. The van der Waals surface area contributed by atoms with Gasteiger partial charge in [-0.3, -0.25) is 9.69 Å². The molecule has 0 radical (unpaired) electrons. The number of aliphatic carboxylic acids is 1. The summed E-state index contributed by atoms with van der Waals surface area (Å²) >= 11 is 0. The van der Waals surface area contributed by atoms with E-state index in [9.17, 15) is 4.79 Å². The molecule has 2 heterocycles. The summed E-state index contributed by atoms with van der Waals surface area (Å²) in [5.74, 6) is -0.870. The van der Waals surface area contributed by atoms with Gasteiger partial charge in [-0.2, -0.15) is 15.0 Å². The molecular formula is C15H19ClN4O2. The van der Waals surface area contributed by atoms with Crippen molar-refractivity contribution in [3.05, 3.63) is 42.2 Å². The normalized spacial score (nSPS) is 16.2. The Kier molecular flexibility index (Phi) is 5.51. The minimum Gasteiger partial charge on any atom is -0.481 e. The zero-order chi connectivity index (χ0) is 14.7. The lowest BCUT2D eigenvalue weighted by Gasteiger charge is -2.29. The molecule has 1 aromatic heterocycles. The molecule has 1 N–H and O–H groups in total. The summed E-state index contributed by atoms with van der Waals surface area (Å²) in [7, 11) is 0. The Bertz CT molecular complexity index is 609. The van der Waals surface area contributed by atoms with Gasteiger partial charge in [0, 0.05) is 6.54 Å². The Morgan fingerprint density at radius 1 is 1.23 bits per heavy atom. The van der Waals surface area contributed by atoms with Gasteiger partial charge < -0.3 is 5.11 Å². The van der Waals surface area contributed by atoms with Crippen molar-refractivity contribution in [1.29, 1.82) is 0 Å². The van der Waals surface area contributed by atoms with E-state index < -0.39 is 5.97 Å². The molecule has 0 unspecified atom stereocenters. The third kappa shape index (κ3) is 3.84. The van der Waals surface area contributed by atoms with Gasteiger partial charge >= 0.3 is 5.97 Å². The van der Waals surface area contributed by atoms with Crippen molar-refractivity contribution >= 4 is 18.4 Å². The van der Waals surface area contributed by atoms with Crippen molar-refractivity contribution in [2.45, 2.75) is 19.4 Å². The highest BCUT2D eigenvalue weighted by Crippen LogP contribution is 2.18. The van der Waals surface area contributed by atoms with E-state index in [0.717, 1.165) is 31.0 Å². The van der Waals surface area contributed by atoms with Crippen LogP contribution in [0.15, 0.2) is 36.5 Å². The van der Waals surface area contributed by atoms with E-state index in [1.807, 2.05) is 30.3 Å². The molecule has 118 valence electrons. The van der Waals surface area contributed by atoms with Crippen molar-refractivity contribution in [3.8, 4) is 5.69 Å². The van der Waals surface area contributed by atoms with E-state index in [4.69, 9.17) is 5.11 Å². The first-order valence-corrected chi connectivity index (χ1v) is 7.14. The minimum absolute atomic E-state index is 0. The molecule has 0 aliphatic carbocycles. The second kappa shape index (κ2) is 7.38. The topological polar surface area (TPSA) is 71.2 Å². The van der Waals surface area contributed by atoms with Gasteiger partial charge in [0.15, 0.2) is 0 Å². The first-order chi connectivity index (χ1) is 10.2. The van der Waals surface area contributed by atoms with Crippen molar-refractivity contribution in [2.75, 3.05) is 13.1 Å². The summed E-state index contributed by atoms with van der Waals surface area (Å²) in [6.45, 7) is 2.32. The lowest BCUT2D eigenvalue weighted by molar-refractivity contribution is -0.143. The molecular weight excluding hydrogens is 304 g/mol. The van der Waals surface area contributed by atoms with Gasteiger partial charge in [0.2, 0.25) is 0 Å². The lowest BCUT2D eigenvalue weighted by Crippen LogP contribution is -2.35. The summed E-state index contributed by atoms with van der Waals surface area (Å²) in [6, 6.07) is 9.79. The Morgan fingerprint density at radius 2 is 1.91 bits per heavy atom. The molecule has 0 saturated carbocycles. The molecule has 1 aliphatic heterocycles. The van der Waals surface area contributed by atoms with Gasteiger partial charge in [0.1, 0.15) is 0 Å². The van der Waals surface area contributed by atoms with Crippen LogP contribution in [0.4, 0.5) is 0 Å². The fourth-order valence-electron chi connectivity index (χ4n) is 2.62. The van der Waals surface area contributed by atoms with E-state index >= 15 is 0 Å². The predicted molar refractivity (Wildman–Crippen MR) is 84.2 cm³/mol. The predicted octanol–water partition coefficient (Wildman–Crippen LogP) is 1.99. The Labute approximate surface area is 135 Å². The zero-order valence-electron chi connectivity index (χ0n) is 12.1. The van der Waals surface area contributed by atoms with Crippen molar-refractivity contribution in [3.63, 3.8) is 0 Å². The molecule has 0 amide bonds. The molecule has 3 rings (SSSR count). The van der Waals surface area contributed by atoms with E-state index in [0.29, 0.717) is 12.8 Å². The largest absolute Gasteiger partial charge is 0.481 e. The summed E-state index contributed by atoms with van der Waals surface area (Å²) < 4.78 is 0. The van der Waals surface area contributed by atoms with Gasteiger partial charge in [-0.1, -0.05) is 18.2 Å². The summed E-state index contributed by atoms with van der Waals surface area (Å²) in [4.78, 5) is 14.8. The number of piperidine rings is 1. The number of nitrogens with zero attached hydrogens (tertiary/aromatic N) is 4. The van der Waals surface area contributed by atoms with Gasteiger partial charge in [-0.25, -0.2) is 0 Å². The van der Waals surface area contributed by atoms with Crippen LogP contribution < -0.4 is 0 Å². The molecule has 1 saturated heterocycles. The Morgan fingerprint density at radius 3 is 2.55 bits per heavy atom. The first-order valence-electron chi connectivity index (χ1n) is 7.14. The number of hydrogen-bond donors (Lipinski definition) is 1. The van der Waals surface area contributed by atoms with Crippen LogP contribution in [-0.2, 0) is 11.3 Å². The van der Waals surface area contributed by atoms with Crippen molar-refractivity contribution in [1.82, 2.24) is 19.9 Å². The number of hydrogen-bond acceptors (Lipinski definition) is 4. The molecule has 0 spiro atoms. The van der Waals surface area contributed by atoms with Crippen molar-refractivity contribution in [2.24, 2.45) is 5.92 Å². The van der Waals surface area contributed by atoms with Gasteiger partial charge in [-0.15, -0.1) is 12.4 Å². The molecule has 1 aromatic carbocycles. The van der Waals surface area contributed by atoms with Gasteiger partial charge in [0.05, 0.1) is 23.5 Å². The molecule has 7 heteroatoms. The Balaban J connectivity index is 0.00000176. The van der Waals surface area contributed by atoms with Crippen LogP contribution in [0.2, 0.25) is 0 Å². The Hall–Kier alpha value is -1.92. The average molecular weight is 323 g/mol. The maximum absolute atomic E-state index is 10.9. The number of benzene rings is 1. The number of para-hydroxylation sites is 1. The second-order valence-electron chi connectivity index (χ2n) is 5.35. The van der Waals surface area contributed by atoms with Gasteiger partial charge in [-0.05, 0) is 38.1 Å². The second-order valence-corrected chi connectivity index (χ2v) is 5.35. The number of rotatable bonds is 4. The fourth-order valence-corrected chi connectivity index (χ4v) is 2.62. The smallest absolute Gasteiger partial charge is 0.306 e. The quantitative estimate of drug-likeness (QED) is 0.932. The molecule has 1 fully saturated rings. The molecule has 22 heavy (non-hydrogen) atoms. The third-order valence-corrected chi connectivity index (χ3v) is 3.85. The summed E-state index contributed by atoms with van der Waals surface area (Å²) in [5, 5.41) is 17.8. The van der Waals surface area contributed by atoms with E-state index in [-0.39, 0.29) is 18.3 Å². The molecule has 2 aromatic rings. The number of likely N-dealkylation sites (tertiary alicyclic amines) is 1. The highest BCUT2D eigenvalue weighted by molar-refractivity contribution is 5.85. The third-order valence-electron chi connectivity index (χ3n) is 3.85. The molecule has 1 aliphatic rings. The van der Waals surface area contributed by atoms with Crippen LogP contribution in [0, 0.1) is 5.92 Å². The summed E-state index contributed by atoms with van der Waals surface area (Å²) in [6.07, 6.45) is 3.20. The maximum atomic E-state index is 10.9. The fraction of sp³-hybridized carbons (Fsp3) is 0.400. The van der Waals surface area contributed by atoms with Crippen LogP contribution in [0.25, 0.3) is 5.69 Å². The number of carbonyl (C=O) groups is 1. The van der Waals surface area contributed by atoms with Crippen LogP contribution in [0.5, 0.6) is 0 Å². The van der Waals surface area contributed by atoms with Gasteiger partial charge in [0.25, 0.3) is 0 Å². The van der Waals surface area contributed by atoms with Crippen molar-refractivity contribution < 1.29 is 9.90 Å². The maximum Gasteiger partial charge on any atom is 0.306 e. The number of aromatic nitrogens is 3. The van der Waals surface area contributed by atoms with E-state index in [2.05, 4.69) is 15.1 Å². The lowest BCUT2D eigenvalue weighted by atomic mass is 9.97. The molecule has 6 nitrogen and oxygen atoms in total. The highest BCUT2D eigenvalue weighted by atomic mass is 35.5. The zero-order valence-corrected chi connectivity index (χ0v) is 12.9. The highest BCUT2D eigenvalue weighted by Gasteiger charge is 2.24.